The van der Waals surface area contributed by atoms with Crippen LogP contribution in [-0.4, -0.2) is 35.4 Å². The number of rotatable bonds is 16. The van der Waals surface area contributed by atoms with Crippen molar-refractivity contribution in [1.82, 2.24) is 4.90 Å². The largest absolute Gasteiger partial charge is 0.490 e. The molecule has 5 nitrogen and oxygen atoms in total. The lowest BCUT2D eigenvalue weighted by molar-refractivity contribution is 0.146. The Morgan fingerprint density at radius 2 is 1.41 bits per heavy atom. The number of ether oxygens (including phenoxy) is 3. The Hall–Kier alpha value is -8.94. The van der Waals surface area contributed by atoms with E-state index in [1.54, 1.807) is 23.3 Å². The van der Waals surface area contributed by atoms with Crippen molar-refractivity contribution in [2.75, 3.05) is 4.90 Å². The summed E-state index contributed by atoms with van der Waals surface area (Å²) in [5.41, 5.74) is 18.5. The van der Waals surface area contributed by atoms with E-state index in [-0.39, 0.29) is 59.3 Å². The first-order valence-corrected chi connectivity index (χ1v) is 36.4. The average Bonchev–Trinajstić information content (AvgIpc) is 1.56. The fourth-order valence-electron chi connectivity index (χ4n) is 19.6. The minimum absolute atomic E-state index is 0.00698. The molecule has 17 rings (SSSR count). The van der Waals surface area contributed by atoms with E-state index in [1.807, 2.05) is 12.2 Å². The molecule has 13 unspecified atom stereocenters. The molecule has 1 heterocycles. The highest BCUT2D eigenvalue weighted by molar-refractivity contribution is 5.75. The zero-order valence-corrected chi connectivity index (χ0v) is 55.7. The molecule has 97 heavy (non-hydrogen) atoms. The van der Waals surface area contributed by atoms with Crippen LogP contribution in [0.3, 0.4) is 0 Å². The summed E-state index contributed by atoms with van der Waals surface area (Å²) < 4.78 is 51.4. The van der Waals surface area contributed by atoms with Crippen molar-refractivity contribution in [1.29, 1.82) is 0 Å². The third kappa shape index (κ3) is 10.8. The van der Waals surface area contributed by atoms with Gasteiger partial charge in [-0.2, -0.15) is 0 Å². The lowest BCUT2D eigenvalue weighted by Crippen LogP contribution is -2.42. The van der Waals surface area contributed by atoms with Crippen LogP contribution in [0.5, 0.6) is 5.75 Å². The van der Waals surface area contributed by atoms with Crippen molar-refractivity contribution in [3.63, 3.8) is 0 Å². The van der Waals surface area contributed by atoms with Gasteiger partial charge in [0.15, 0.2) is 0 Å². The van der Waals surface area contributed by atoms with Gasteiger partial charge in [-0.25, -0.2) is 8.78 Å². The summed E-state index contributed by atoms with van der Waals surface area (Å²) in [5.74, 6) is 4.03. The van der Waals surface area contributed by atoms with Crippen molar-refractivity contribution in [3.8, 4) is 5.75 Å². The van der Waals surface area contributed by atoms with Crippen LogP contribution < -0.4 is 9.64 Å². The van der Waals surface area contributed by atoms with Gasteiger partial charge in [-0.05, 0) is 177 Å². The molecule has 0 bridgehead atoms. The van der Waals surface area contributed by atoms with Crippen molar-refractivity contribution < 1.29 is 23.0 Å². The molecule has 3 aromatic rings. The normalized spacial score (nSPS) is 32.4. The fraction of sp³-hybridized carbons (Fsp3) is 0.333. The third-order valence-corrected chi connectivity index (χ3v) is 23.9. The summed E-state index contributed by atoms with van der Waals surface area (Å²) in [5, 5.41) is 0. The van der Waals surface area contributed by atoms with Crippen LogP contribution in [0, 0.1) is 29.1 Å². The van der Waals surface area contributed by atoms with Gasteiger partial charge < -0.3 is 24.0 Å². The summed E-state index contributed by atoms with van der Waals surface area (Å²) in [6.45, 7) is 7.98. The molecule has 0 fully saturated rings. The molecule has 0 N–H and O–H groups in total. The van der Waals surface area contributed by atoms with Crippen LogP contribution >= 0.6 is 0 Å². The lowest BCUT2D eigenvalue weighted by Gasteiger charge is -2.47. The summed E-state index contributed by atoms with van der Waals surface area (Å²) in [6, 6.07) is 26.8. The number of halogens is 2. The van der Waals surface area contributed by atoms with Crippen LogP contribution in [-0.2, 0) is 14.9 Å². The minimum atomic E-state index is -1.01. The molecule has 0 saturated carbocycles. The van der Waals surface area contributed by atoms with E-state index in [9.17, 15) is 0 Å². The summed E-state index contributed by atoms with van der Waals surface area (Å²) in [7, 11) is 0. The maximum absolute atomic E-state index is 15.3. The van der Waals surface area contributed by atoms with Gasteiger partial charge in [0.1, 0.15) is 41.8 Å². The van der Waals surface area contributed by atoms with Gasteiger partial charge in [-0.1, -0.05) is 193 Å². The number of hydrogen-bond donors (Lipinski definition) is 0. The lowest BCUT2D eigenvalue weighted by atomic mass is 9.57. The van der Waals surface area contributed by atoms with E-state index in [0.29, 0.717) is 24.7 Å². The Morgan fingerprint density at radius 1 is 0.598 bits per heavy atom. The maximum atomic E-state index is 15.3. The van der Waals surface area contributed by atoms with Crippen LogP contribution in [0.2, 0.25) is 0 Å². The number of alkyl halides is 1. The van der Waals surface area contributed by atoms with Crippen molar-refractivity contribution >= 4 is 11.4 Å². The van der Waals surface area contributed by atoms with Crippen molar-refractivity contribution in [2.45, 2.75) is 157 Å². The van der Waals surface area contributed by atoms with E-state index in [4.69, 9.17) is 14.2 Å². The van der Waals surface area contributed by atoms with Crippen molar-refractivity contribution in [2.24, 2.45) is 29.1 Å². The molecule has 0 aromatic heterocycles. The number of anilines is 2. The van der Waals surface area contributed by atoms with E-state index < -0.39 is 11.6 Å². The molecule has 7 heteroatoms. The Balaban J connectivity index is 0.691. The van der Waals surface area contributed by atoms with E-state index in [2.05, 4.69) is 236 Å². The molecule has 0 amide bonds. The number of benzene rings is 3. The standard InChI is InChI=1S/C90H88F2N2O3/c1-3-59-23-43-73(44-24-59)95-75-47-31-63(32-48-75)89(61-27-35-65(91)36-28-61)83-21-13-11-19-77(83)79-51-39-69(55-85(79)89)93(67-15-7-5-8-16-67)71-41-53-81-82-54-42-72(58-88(82)97-87(81)57-71)94(68-17-9-6-10-18-68)70-40-52-80-78-20-12-14-22-84(78)90(86(80)56-70,62-29-37-66(92)38-30-62)64-33-49-76(50-34-64)96-74-45-25-60(4-2)26-46-74/h3-5,7-9,11,13,15-19,21,23-25,27-29,31,33-35,37,39,41-43,45-47,49,51,53-57,60,65,72-73,76,79-80,82,85-86,88H,1-2,6,10,12,14,20,22,26,30,32,36,38,40,44,48,50,52,58H2. The van der Waals surface area contributed by atoms with Gasteiger partial charge in [0.2, 0.25) is 0 Å². The van der Waals surface area contributed by atoms with E-state index in [1.165, 1.54) is 57.6 Å². The van der Waals surface area contributed by atoms with E-state index >= 15 is 8.78 Å². The highest BCUT2D eigenvalue weighted by Crippen LogP contribution is 2.68. The predicted molar refractivity (Wildman–Crippen MR) is 390 cm³/mol. The quantitative estimate of drug-likeness (QED) is 0.134. The Bertz CT molecular complexity index is 4360. The average molecular weight is 1280 g/mol. The second-order valence-corrected chi connectivity index (χ2v) is 29.1. The highest BCUT2D eigenvalue weighted by Gasteiger charge is 2.58. The number of fused-ring (bicyclic) bond motifs is 8. The second kappa shape index (κ2) is 25.8. The molecule has 0 saturated heterocycles. The SMILES string of the molecule is C=CC1=CCC(OC2=CC=C(C3(C4=CCC(F)C=C4)c4ccccc4C4C=CC(N(c5ccccc5)c5ccc6c(c5)OC5CC(N(C7=CCCC=C7)C7=CC8C(CC7)C7=C(CCCC7)C8(C7=CCC(OC8=CCC(C=C)C=C8)C=C7)C7=CC=C(F)CC7)C=CC65)=CC43)CC2)C=C1. The number of allylic oxidation sites excluding steroid dienone is 31. The van der Waals surface area contributed by atoms with Gasteiger partial charge in [0, 0.05) is 113 Å². The fourth-order valence-corrected chi connectivity index (χ4v) is 19.6. The van der Waals surface area contributed by atoms with Gasteiger partial charge in [0.25, 0.3) is 0 Å². The molecule has 0 radical (unpaired) electrons. The molecular formula is C90H88F2N2O3. The van der Waals surface area contributed by atoms with Crippen LogP contribution in [0.15, 0.2) is 323 Å². The number of nitrogens with zero attached hydrogens (tertiary/aromatic N) is 2. The Kier molecular flexibility index (Phi) is 16.4. The first-order valence-electron chi connectivity index (χ1n) is 36.4. The molecule has 490 valence electrons. The second-order valence-electron chi connectivity index (χ2n) is 29.1. The van der Waals surface area contributed by atoms with Crippen LogP contribution in [0.25, 0.3) is 0 Å². The van der Waals surface area contributed by atoms with Gasteiger partial charge in [-0.3, -0.25) is 0 Å². The molecule has 1 aliphatic heterocycles. The first-order chi connectivity index (χ1) is 47.7. The Labute approximate surface area is 572 Å². The molecule has 13 aliphatic carbocycles. The van der Waals surface area contributed by atoms with E-state index in [0.717, 1.165) is 129 Å². The molecule has 13 atom stereocenters. The Morgan fingerprint density at radius 3 is 2.19 bits per heavy atom. The van der Waals surface area contributed by atoms with Crippen LogP contribution in [0.4, 0.5) is 20.2 Å². The summed E-state index contributed by atoms with van der Waals surface area (Å²) in [6.07, 6.45) is 75.0. The molecule has 0 spiro atoms. The smallest absolute Gasteiger partial charge is 0.125 e. The van der Waals surface area contributed by atoms with Gasteiger partial charge >= 0.3 is 0 Å². The zero-order valence-electron chi connectivity index (χ0n) is 55.7. The van der Waals surface area contributed by atoms with Crippen molar-refractivity contribution in [3.05, 3.63) is 340 Å². The third-order valence-electron chi connectivity index (χ3n) is 23.9. The van der Waals surface area contributed by atoms with Gasteiger partial charge in [-0.15, -0.1) is 6.58 Å². The first kappa shape index (κ1) is 61.6. The monoisotopic (exact) mass is 1280 g/mol. The summed E-state index contributed by atoms with van der Waals surface area (Å²) >= 11 is 0. The molecular weight excluding hydrogens is 1190 g/mol. The summed E-state index contributed by atoms with van der Waals surface area (Å²) in [4.78, 5) is 5.14. The zero-order chi connectivity index (χ0) is 65.2. The maximum Gasteiger partial charge on any atom is 0.125 e. The molecule has 14 aliphatic rings. The predicted octanol–water partition coefficient (Wildman–Crippen LogP) is 22.2. The topological polar surface area (TPSA) is 34.2 Å². The van der Waals surface area contributed by atoms with Crippen LogP contribution in [0.1, 0.15) is 138 Å². The van der Waals surface area contributed by atoms with Gasteiger partial charge in [0.05, 0.1) is 11.8 Å². The molecule has 3 aromatic carbocycles. The minimum Gasteiger partial charge on any atom is -0.490 e. The number of para-hydroxylation sites is 1. The highest BCUT2D eigenvalue weighted by atomic mass is 19.1. The number of hydrogen-bond acceptors (Lipinski definition) is 5.